The van der Waals surface area contributed by atoms with Crippen molar-refractivity contribution in [2.75, 3.05) is 7.05 Å². The van der Waals surface area contributed by atoms with Gasteiger partial charge in [-0.1, -0.05) is 18.5 Å². The average Bonchev–Trinajstić information content (AvgIpc) is 2.16. The summed E-state index contributed by atoms with van der Waals surface area (Å²) in [5.41, 5.74) is 1.22. The molecular formula is C11H17ClN2. The summed E-state index contributed by atoms with van der Waals surface area (Å²) in [5, 5.41) is 0.569. The molecule has 14 heavy (non-hydrogen) atoms. The number of halogens is 1. The Kier molecular flexibility index (Phi) is 4.36. The van der Waals surface area contributed by atoms with Crippen molar-refractivity contribution in [2.24, 2.45) is 0 Å². The molecule has 1 unspecified atom stereocenters. The lowest BCUT2D eigenvalue weighted by atomic mass is 10.2. The largest absolute Gasteiger partial charge is 0.299 e. The van der Waals surface area contributed by atoms with Crippen molar-refractivity contribution in [3.8, 4) is 0 Å². The lowest BCUT2D eigenvalue weighted by Crippen LogP contribution is -2.27. The number of hydrogen-bond acceptors (Lipinski definition) is 2. The van der Waals surface area contributed by atoms with E-state index in [0.717, 1.165) is 13.0 Å². The van der Waals surface area contributed by atoms with Crippen molar-refractivity contribution in [2.45, 2.75) is 32.9 Å². The Labute approximate surface area is 90.9 Å². The zero-order valence-electron chi connectivity index (χ0n) is 9.00. The number of aromatic nitrogens is 1. The molecule has 0 aliphatic carbocycles. The fraction of sp³-hybridized carbons (Fsp3) is 0.545. The summed E-state index contributed by atoms with van der Waals surface area (Å²) in [6, 6.07) is 4.52. The molecule has 0 saturated carbocycles. The summed E-state index contributed by atoms with van der Waals surface area (Å²) in [4.78, 5) is 6.27. The zero-order valence-corrected chi connectivity index (χ0v) is 9.75. The fourth-order valence-corrected chi connectivity index (χ4v) is 1.49. The molecule has 0 saturated heterocycles. The zero-order chi connectivity index (χ0) is 10.6. The van der Waals surface area contributed by atoms with Gasteiger partial charge < -0.3 is 0 Å². The first-order valence-corrected chi connectivity index (χ1v) is 5.32. The van der Waals surface area contributed by atoms with E-state index in [1.807, 2.05) is 12.1 Å². The SMILES string of the molecule is CCC(C)N(C)Cc1ccnc(Cl)c1. The highest BCUT2D eigenvalue weighted by Gasteiger charge is 2.07. The lowest BCUT2D eigenvalue weighted by Gasteiger charge is -2.23. The molecule has 2 nitrogen and oxygen atoms in total. The monoisotopic (exact) mass is 212 g/mol. The molecule has 0 amide bonds. The summed E-state index contributed by atoms with van der Waals surface area (Å²) in [6.45, 7) is 5.35. The molecule has 0 N–H and O–H groups in total. The van der Waals surface area contributed by atoms with Gasteiger partial charge in [0.15, 0.2) is 0 Å². The molecule has 78 valence electrons. The highest BCUT2D eigenvalue weighted by molar-refractivity contribution is 6.29. The first kappa shape index (κ1) is 11.5. The normalized spacial score (nSPS) is 13.2. The molecule has 1 aromatic rings. The third kappa shape index (κ3) is 3.28. The minimum Gasteiger partial charge on any atom is -0.299 e. The van der Waals surface area contributed by atoms with E-state index >= 15 is 0 Å². The van der Waals surface area contributed by atoms with Gasteiger partial charge in [-0.25, -0.2) is 4.98 Å². The van der Waals surface area contributed by atoms with Crippen molar-refractivity contribution >= 4 is 11.6 Å². The minimum absolute atomic E-state index is 0.569. The standard InChI is InChI=1S/C11H17ClN2/c1-4-9(2)14(3)8-10-5-6-13-11(12)7-10/h5-7,9H,4,8H2,1-3H3. The van der Waals surface area contributed by atoms with Crippen LogP contribution >= 0.6 is 11.6 Å². The molecule has 1 heterocycles. The van der Waals surface area contributed by atoms with Crippen LogP contribution in [0.1, 0.15) is 25.8 Å². The van der Waals surface area contributed by atoms with Gasteiger partial charge in [-0.05, 0) is 38.1 Å². The van der Waals surface area contributed by atoms with Gasteiger partial charge in [0.2, 0.25) is 0 Å². The smallest absolute Gasteiger partial charge is 0.129 e. The second-order valence-electron chi connectivity index (χ2n) is 3.66. The number of pyridine rings is 1. The number of hydrogen-bond donors (Lipinski definition) is 0. The van der Waals surface area contributed by atoms with Crippen LogP contribution in [-0.2, 0) is 6.54 Å². The van der Waals surface area contributed by atoms with Crippen molar-refractivity contribution in [3.63, 3.8) is 0 Å². The second-order valence-corrected chi connectivity index (χ2v) is 4.05. The van der Waals surface area contributed by atoms with E-state index in [1.54, 1.807) is 6.20 Å². The summed E-state index contributed by atoms with van der Waals surface area (Å²) in [5.74, 6) is 0. The molecule has 0 bridgehead atoms. The number of nitrogens with zero attached hydrogens (tertiary/aromatic N) is 2. The Morgan fingerprint density at radius 2 is 2.29 bits per heavy atom. The predicted molar refractivity (Wildman–Crippen MR) is 60.5 cm³/mol. The molecule has 0 spiro atoms. The molecule has 1 rings (SSSR count). The van der Waals surface area contributed by atoms with E-state index < -0.39 is 0 Å². The third-order valence-corrected chi connectivity index (χ3v) is 2.77. The van der Waals surface area contributed by atoms with E-state index in [9.17, 15) is 0 Å². The van der Waals surface area contributed by atoms with Gasteiger partial charge in [0, 0.05) is 18.8 Å². The first-order valence-electron chi connectivity index (χ1n) is 4.94. The van der Waals surface area contributed by atoms with Crippen LogP contribution < -0.4 is 0 Å². The topological polar surface area (TPSA) is 16.1 Å². The molecule has 1 atom stereocenters. The Bertz CT molecular complexity index is 288. The number of rotatable bonds is 4. The Hall–Kier alpha value is -0.600. The Morgan fingerprint density at radius 1 is 1.57 bits per heavy atom. The van der Waals surface area contributed by atoms with Crippen LogP contribution in [0, 0.1) is 0 Å². The first-order chi connectivity index (χ1) is 6.63. The molecule has 3 heteroatoms. The Balaban J connectivity index is 2.60. The summed E-state index contributed by atoms with van der Waals surface area (Å²) in [7, 11) is 2.13. The van der Waals surface area contributed by atoms with Crippen molar-refractivity contribution < 1.29 is 0 Å². The molecule has 0 radical (unpaired) electrons. The molecule has 0 aromatic carbocycles. The maximum Gasteiger partial charge on any atom is 0.129 e. The highest BCUT2D eigenvalue weighted by Crippen LogP contribution is 2.11. The second kappa shape index (κ2) is 5.32. The van der Waals surface area contributed by atoms with Crippen molar-refractivity contribution in [3.05, 3.63) is 29.0 Å². The van der Waals surface area contributed by atoms with Crippen LogP contribution in [0.3, 0.4) is 0 Å². The molecule has 0 aliphatic heterocycles. The van der Waals surface area contributed by atoms with Gasteiger partial charge in [-0.15, -0.1) is 0 Å². The molecule has 0 fully saturated rings. The fourth-order valence-electron chi connectivity index (χ4n) is 1.30. The summed E-state index contributed by atoms with van der Waals surface area (Å²) in [6.07, 6.45) is 2.91. The maximum absolute atomic E-state index is 5.81. The van der Waals surface area contributed by atoms with Gasteiger partial charge in [0.05, 0.1) is 0 Å². The van der Waals surface area contributed by atoms with Gasteiger partial charge in [0.25, 0.3) is 0 Å². The minimum atomic E-state index is 0.569. The van der Waals surface area contributed by atoms with Crippen LogP contribution in [0.4, 0.5) is 0 Å². The van der Waals surface area contributed by atoms with Gasteiger partial charge in [-0.3, -0.25) is 4.90 Å². The lowest BCUT2D eigenvalue weighted by molar-refractivity contribution is 0.244. The highest BCUT2D eigenvalue weighted by atomic mass is 35.5. The van der Waals surface area contributed by atoms with Crippen molar-refractivity contribution in [1.29, 1.82) is 0 Å². The summed E-state index contributed by atoms with van der Waals surface area (Å²) < 4.78 is 0. The van der Waals surface area contributed by atoms with E-state index in [0.29, 0.717) is 11.2 Å². The molecule has 1 aromatic heterocycles. The van der Waals surface area contributed by atoms with E-state index in [-0.39, 0.29) is 0 Å². The maximum atomic E-state index is 5.81. The quantitative estimate of drug-likeness (QED) is 0.714. The van der Waals surface area contributed by atoms with Crippen LogP contribution in [-0.4, -0.2) is 23.0 Å². The van der Waals surface area contributed by atoms with E-state index in [2.05, 4.69) is 30.8 Å². The van der Waals surface area contributed by atoms with Gasteiger partial charge in [-0.2, -0.15) is 0 Å². The van der Waals surface area contributed by atoms with E-state index in [4.69, 9.17) is 11.6 Å². The van der Waals surface area contributed by atoms with E-state index in [1.165, 1.54) is 5.56 Å². The Morgan fingerprint density at radius 3 is 2.86 bits per heavy atom. The predicted octanol–water partition coefficient (Wildman–Crippen LogP) is 2.97. The van der Waals surface area contributed by atoms with Crippen LogP contribution in [0.15, 0.2) is 18.3 Å². The molecular weight excluding hydrogens is 196 g/mol. The average molecular weight is 213 g/mol. The van der Waals surface area contributed by atoms with Gasteiger partial charge >= 0.3 is 0 Å². The van der Waals surface area contributed by atoms with Crippen LogP contribution in [0.5, 0.6) is 0 Å². The van der Waals surface area contributed by atoms with Crippen LogP contribution in [0.2, 0.25) is 5.15 Å². The summed E-state index contributed by atoms with van der Waals surface area (Å²) >= 11 is 5.81. The van der Waals surface area contributed by atoms with Gasteiger partial charge in [0.1, 0.15) is 5.15 Å². The third-order valence-electron chi connectivity index (χ3n) is 2.57. The van der Waals surface area contributed by atoms with Crippen LogP contribution in [0.25, 0.3) is 0 Å². The molecule has 0 aliphatic rings. The van der Waals surface area contributed by atoms with Crippen molar-refractivity contribution in [1.82, 2.24) is 9.88 Å².